The van der Waals surface area contributed by atoms with E-state index < -0.39 is 17.6 Å². The Labute approximate surface area is 195 Å². The summed E-state index contributed by atoms with van der Waals surface area (Å²) in [6.45, 7) is 6.23. The number of fused-ring (bicyclic) bond motifs is 1. The first kappa shape index (κ1) is 23.4. The lowest BCUT2D eigenvalue weighted by molar-refractivity contribution is -0.137. The number of nitrogens with one attached hydrogen (secondary N) is 1. The van der Waals surface area contributed by atoms with Gasteiger partial charge in [-0.3, -0.25) is 0 Å². The number of benzene rings is 1. The molecule has 2 aliphatic heterocycles. The fraction of sp³-hybridized carbons (Fsp3) is 0.583. The average Bonchev–Trinajstić information content (AvgIpc) is 3.33. The van der Waals surface area contributed by atoms with E-state index in [9.17, 15) is 17.6 Å². The fourth-order valence-electron chi connectivity index (χ4n) is 5.50. The number of aryl methyl sites for hydroxylation is 1. The van der Waals surface area contributed by atoms with Crippen LogP contribution in [0, 0.1) is 24.6 Å². The van der Waals surface area contributed by atoms with Gasteiger partial charge in [0.25, 0.3) is 0 Å². The van der Waals surface area contributed by atoms with E-state index in [2.05, 4.69) is 20.4 Å². The van der Waals surface area contributed by atoms with Gasteiger partial charge in [0.2, 0.25) is 0 Å². The standard InChI is InChI=1S/C24H28F4N4O2/c1-14-2-3-17(25)8-20(14)22-9-21(24(26,27)28)23(31-30-22)29-18-6-15-10-32(11-16(15)7-18)12-19-13-33-4-5-34-19/h2-3,8-9,15-16,18-19H,4-7,10-13H2,1H3,(H,29,31)/t15-,16+,18+,19?. The predicted molar refractivity (Wildman–Crippen MR) is 118 cm³/mol. The summed E-state index contributed by atoms with van der Waals surface area (Å²) in [4.78, 5) is 2.38. The molecule has 1 aromatic carbocycles. The Morgan fingerprint density at radius 2 is 1.85 bits per heavy atom. The van der Waals surface area contributed by atoms with Gasteiger partial charge in [-0.15, -0.1) is 10.2 Å². The van der Waals surface area contributed by atoms with Gasteiger partial charge in [-0.05, 0) is 55.4 Å². The first-order valence-corrected chi connectivity index (χ1v) is 11.7. The van der Waals surface area contributed by atoms with Crippen LogP contribution in [-0.2, 0) is 15.7 Å². The molecule has 10 heteroatoms. The molecule has 1 aromatic heterocycles. The number of hydrogen-bond acceptors (Lipinski definition) is 6. The zero-order valence-corrected chi connectivity index (χ0v) is 18.9. The molecule has 1 aliphatic carbocycles. The van der Waals surface area contributed by atoms with Crippen molar-refractivity contribution in [3.63, 3.8) is 0 Å². The van der Waals surface area contributed by atoms with E-state index in [-0.39, 0.29) is 23.7 Å². The maximum absolute atomic E-state index is 13.9. The molecule has 3 aliphatic rings. The van der Waals surface area contributed by atoms with E-state index in [4.69, 9.17) is 9.47 Å². The van der Waals surface area contributed by atoms with Crippen molar-refractivity contribution in [1.82, 2.24) is 15.1 Å². The maximum atomic E-state index is 13.9. The second-order valence-corrected chi connectivity index (χ2v) is 9.57. The molecule has 1 N–H and O–H groups in total. The van der Waals surface area contributed by atoms with Crippen molar-refractivity contribution in [2.45, 2.75) is 38.1 Å². The number of aromatic nitrogens is 2. The Morgan fingerprint density at radius 1 is 1.09 bits per heavy atom. The molecule has 0 amide bonds. The van der Waals surface area contributed by atoms with Crippen molar-refractivity contribution in [2.24, 2.45) is 11.8 Å². The number of hydrogen-bond donors (Lipinski definition) is 1. The normalized spacial score (nSPS) is 27.7. The van der Waals surface area contributed by atoms with Gasteiger partial charge in [0, 0.05) is 31.2 Å². The number of ether oxygens (including phenoxy) is 2. The Hall–Kier alpha value is -2.30. The van der Waals surface area contributed by atoms with Gasteiger partial charge in [0.1, 0.15) is 11.4 Å². The summed E-state index contributed by atoms with van der Waals surface area (Å²) < 4.78 is 66.6. The Balaban J connectivity index is 1.26. The minimum Gasteiger partial charge on any atom is -0.376 e. The summed E-state index contributed by atoms with van der Waals surface area (Å²) in [7, 11) is 0. The first-order valence-electron chi connectivity index (χ1n) is 11.7. The Bertz CT molecular complexity index is 1010. The first-order chi connectivity index (χ1) is 16.3. The van der Waals surface area contributed by atoms with Gasteiger partial charge >= 0.3 is 6.18 Å². The van der Waals surface area contributed by atoms with Crippen LogP contribution in [0.25, 0.3) is 11.3 Å². The molecule has 1 unspecified atom stereocenters. The molecular weight excluding hydrogens is 452 g/mol. The Kier molecular flexibility index (Phi) is 6.47. The van der Waals surface area contributed by atoms with Crippen molar-refractivity contribution in [3.8, 4) is 11.3 Å². The zero-order valence-electron chi connectivity index (χ0n) is 18.9. The summed E-state index contributed by atoms with van der Waals surface area (Å²) in [6.07, 6.45) is -2.95. The van der Waals surface area contributed by atoms with Gasteiger partial charge in [0.15, 0.2) is 5.82 Å². The van der Waals surface area contributed by atoms with Gasteiger partial charge in [0.05, 0.1) is 31.6 Å². The minimum atomic E-state index is -4.61. The topological polar surface area (TPSA) is 59.5 Å². The minimum absolute atomic E-state index is 0.00252. The van der Waals surface area contributed by atoms with Crippen molar-refractivity contribution in [2.75, 3.05) is 44.8 Å². The molecule has 4 atom stereocenters. The van der Waals surface area contributed by atoms with E-state index in [1.807, 2.05) is 0 Å². The number of nitrogens with zero attached hydrogens (tertiary/aromatic N) is 3. The predicted octanol–water partition coefficient (Wildman–Crippen LogP) is 4.15. The van der Waals surface area contributed by atoms with Crippen LogP contribution in [0.15, 0.2) is 24.3 Å². The van der Waals surface area contributed by atoms with Gasteiger partial charge in [-0.25, -0.2) is 4.39 Å². The molecule has 3 heterocycles. The van der Waals surface area contributed by atoms with Gasteiger partial charge < -0.3 is 19.7 Å². The van der Waals surface area contributed by atoms with Crippen LogP contribution in [0.4, 0.5) is 23.4 Å². The van der Waals surface area contributed by atoms with Crippen LogP contribution in [0.5, 0.6) is 0 Å². The van der Waals surface area contributed by atoms with Gasteiger partial charge in [-0.2, -0.15) is 13.2 Å². The second kappa shape index (κ2) is 9.39. The number of likely N-dealkylation sites (tertiary alicyclic amines) is 1. The zero-order chi connectivity index (χ0) is 23.9. The molecule has 0 radical (unpaired) electrons. The van der Waals surface area contributed by atoms with E-state index in [0.717, 1.165) is 38.5 Å². The molecular formula is C24H28F4N4O2. The van der Waals surface area contributed by atoms with Crippen LogP contribution in [0.3, 0.4) is 0 Å². The lowest BCUT2D eigenvalue weighted by Gasteiger charge is -2.28. The molecule has 3 fully saturated rings. The smallest absolute Gasteiger partial charge is 0.376 e. The SMILES string of the molecule is Cc1ccc(F)cc1-c1cc(C(F)(F)F)c(N[C@H]2C[C@@H]3CN(CC4COCCO4)C[C@@H]3C2)nn1. The number of halogens is 4. The van der Waals surface area contributed by atoms with E-state index in [0.29, 0.717) is 42.8 Å². The van der Waals surface area contributed by atoms with Crippen molar-refractivity contribution in [3.05, 3.63) is 41.2 Å². The summed E-state index contributed by atoms with van der Waals surface area (Å²) >= 11 is 0. The third-order valence-electron chi connectivity index (χ3n) is 7.09. The second-order valence-electron chi connectivity index (χ2n) is 9.57. The summed E-state index contributed by atoms with van der Waals surface area (Å²) in [5, 5.41) is 10.9. The molecule has 5 rings (SSSR count). The van der Waals surface area contributed by atoms with E-state index >= 15 is 0 Å². The van der Waals surface area contributed by atoms with E-state index in [1.54, 1.807) is 6.92 Å². The average molecular weight is 481 g/mol. The van der Waals surface area contributed by atoms with Gasteiger partial charge in [-0.1, -0.05) is 6.07 Å². The molecule has 0 spiro atoms. The third-order valence-corrected chi connectivity index (χ3v) is 7.09. The lowest BCUT2D eigenvalue weighted by atomic mass is 10.0. The maximum Gasteiger partial charge on any atom is 0.420 e. The number of anilines is 1. The Morgan fingerprint density at radius 3 is 2.53 bits per heavy atom. The van der Waals surface area contributed by atoms with Crippen molar-refractivity contribution in [1.29, 1.82) is 0 Å². The fourth-order valence-corrected chi connectivity index (χ4v) is 5.50. The van der Waals surface area contributed by atoms with Crippen LogP contribution in [0.2, 0.25) is 0 Å². The van der Waals surface area contributed by atoms with Crippen molar-refractivity contribution >= 4 is 5.82 Å². The molecule has 2 aromatic rings. The molecule has 2 saturated heterocycles. The van der Waals surface area contributed by atoms with Crippen molar-refractivity contribution < 1.29 is 27.0 Å². The number of alkyl halides is 3. The van der Waals surface area contributed by atoms with Crippen LogP contribution in [-0.4, -0.2) is 66.7 Å². The van der Waals surface area contributed by atoms with E-state index in [1.165, 1.54) is 18.2 Å². The highest BCUT2D eigenvalue weighted by Crippen LogP contribution is 2.41. The monoisotopic (exact) mass is 480 g/mol. The largest absolute Gasteiger partial charge is 0.420 e. The quantitative estimate of drug-likeness (QED) is 0.649. The van der Waals surface area contributed by atoms with Crippen LogP contribution in [0.1, 0.15) is 24.0 Å². The molecule has 1 saturated carbocycles. The van der Waals surface area contributed by atoms with Crippen LogP contribution < -0.4 is 5.32 Å². The van der Waals surface area contributed by atoms with Crippen LogP contribution >= 0.6 is 0 Å². The third kappa shape index (κ3) is 5.04. The summed E-state index contributed by atoms with van der Waals surface area (Å²) in [6, 6.07) is 4.83. The molecule has 184 valence electrons. The highest BCUT2D eigenvalue weighted by molar-refractivity contribution is 5.65. The molecule has 6 nitrogen and oxygen atoms in total. The highest BCUT2D eigenvalue weighted by atomic mass is 19.4. The summed E-state index contributed by atoms with van der Waals surface area (Å²) in [5.74, 6) is 0.0595. The number of rotatable bonds is 5. The lowest BCUT2D eigenvalue weighted by Crippen LogP contribution is -2.39. The summed E-state index contributed by atoms with van der Waals surface area (Å²) in [5.41, 5.74) is 0.0484. The molecule has 34 heavy (non-hydrogen) atoms. The molecule has 0 bridgehead atoms. The highest BCUT2D eigenvalue weighted by Gasteiger charge is 2.43.